The maximum Gasteiger partial charge on any atom is 0.240 e. The van der Waals surface area contributed by atoms with Crippen molar-refractivity contribution >= 4 is 10.0 Å². The summed E-state index contributed by atoms with van der Waals surface area (Å²) in [4.78, 5) is 0.180. The molecule has 0 aromatic heterocycles. The molecule has 0 atom stereocenters. The zero-order valence-electron chi connectivity index (χ0n) is 13.2. The van der Waals surface area contributed by atoms with Crippen LogP contribution in [0.3, 0.4) is 0 Å². The van der Waals surface area contributed by atoms with Gasteiger partial charge in [0.2, 0.25) is 10.0 Å². The van der Waals surface area contributed by atoms with Crippen LogP contribution in [0.2, 0.25) is 0 Å². The molecule has 1 heterocycles. The molecule has 7 heteroatoms. The molecule has 1 aliphatic heterocycles. The van der Waals surface area contributed by atoms with Crippen LogP contribution in [0.25, 0.3) is 0 Å². The zero-order valence-corrected chi connectivity index (χ0v) is 14.0. The highest BCUT2D eigenvalue weighted by molar-refractivity contribution is 7.89. The Morgan fingerprint density at radius 3 is 2.39 bits per heavy atom. The molecule has 1 aromatic carbocycles. The number of nitrogens with one attached hydrogen (secondary N) is 1. The predicted octanol–water partition coefficient (Wildman–Crippen LogP) is 1.79. The van der Waals surface area contributed by atoms with E-state index in [-0.39, 0.29) is 11.4 Å². The van der Waals surface area contributed by atoms with Gasteiger partial charge >= 0.3 is 0 Å². The van der Waals surface area contributed by atoms with Crippen molar-refractivity contribution in [1.29, 1.82) is 0 Å². The summed E-state index contributed by atoms with van der Waals surface area (Å²) in [6.45, 7) is 1.17. The van der Waals surface area contributed by atoms with Crippen LogP contribution < -0.4 is 19.9 Å². The van der Waals surface area contributed by atoms with Crippen LogP contribution in [0.4, 0.5) is 0 Å². The first-order chi connectivity index (χ1) is 11.0. The molecule has 3 rings (SSSR count). The number of hydrogen-bond acceptors (Lipinski definition) is 5. The predicted molar refractivity (Wildman–Crippen MR) is 87.2 cm³/mol. The molecular formula is C16H24N2O4S. The molecule has 2 aliphatic rings. The molecule has 6 nitrogen and oxygen atoms in total. The Morgan fingerprint density at radius 2 is 1.70 bits per heavy atom. The molecule has 0 bridgehead atoms. The molecule has 23 heavy (non-hydrogen) atoms. The van der Waals surface area contributed by atoms with Crippen molar-refractivity contribution in [3.05, 3.63) is 18.2 Å². The third kappa shape index (κ3) is 3.97. The summed E-state index contributed by atoms with van der Waals surface area (Å²) < 4.78 is 38.6. The highest BCUT2D eigenvalue weighted by atomic mass is 32.2. The van der Waals surface area contributed by atoms with E-state index in [1.807, 2.05) is 0 Å². The smallest absolute Gasteiger partial charge is 0.240 e. The molecule has 0 spiro atoms. The van der Waals surface area contributed by atoms with Crippen LogP contribution in [0.5, 0.6) is 11.5 Å². The van der Waals surface area contributed by atoms with Crippen LogP contribution >= 0.6 is 0 Å². The first kappa shape index (κ1) is 16.5. The SMILES string of the molecule is NC1(CNS(=O)(=O)c2ccc3c(c2)OCCO3)CCCCCC1. The number of fused-ring (bicyclic) bond motifs is 1. The van der Waals surface area contributed by atoms with Gasteiger partial charge in [-0.05, 0) is 25.0 Å². The lowest BCUT2D eigenvalue weighted by molar-refractivity contribution is 0.171. The summed E-state index contributed by atoms with van der Waals surface area (Å²) in [6, 6.07) is 4.67. The van der Waals surface area contributed by atoms with E-state index in [2.05, 4.69) is 4.72 Å². The van der Waals surface area contributed by atoms with Gasteiger partial charge in [-0.15, -0.1) is 0 Å². The minimum atomic E-state index is -3.61. The fourth-order valence-corrected chi connectivity index (χ4v) is 4.28. The van der Waals surface area contributed by atoms with E-state index in [9.17, 15) is 8.42 Å². The number of benzene rings is 1. The maximum atomic E-state index is 12.5. The summed E-state index contributed by atoms with van der Waals surface area (Å²) in [5.41, 5.74) is 5.94. The van der Waals surface area contributed by atoms with Gasteiger partial charge in [0, 0.05) is 18.2 Å². The molecule has 0 saturated heterocycles. The van der Waals surface area contributed by atoms with Crippen molar-refractivity contribution in [1.82, 2.24) is 4.72 Å². The van der Waals surface area contributed by atoms with E-state index < -0.39 is 15.6 Å². The number of sulfonamides is 1. The monoisotopic (exact) mass is 340 g/mol. The second-order valence-corrected chi connectivity index (χ2v) is 8.17. The standard InChI is InChI=1S/C16H24N2O4S/c17-16(7-3-1-2-4-8-16)12-18-23(19,20)13-5-6-14-15(11-13)22-10-9-21-14/h5-6,11,18H,1-4,7-10,12,17H2. The van der Waals surface area contributed by atoms with Gasteiger partial charge < -0.3 is 15.2 Å². The lowest BCUT2D eigenvalue weighted by Gasteiger charge is -2.28. The Kier molecular flexibility index (Phi) is 4.79. The molecule has 1 aromatic rings. The van der Waals surface area contributed by atoms with Gasteiger partial charge in [-0.25, -0.2) is 13.1 Å². The van der Waals surface area contributed by atoms with Crippen LogP contribution in [0.1, 0.15) is 38.5 Å². The minimum absolute atomic E-state index is 0.180. The molecule has 0 amide bonds. The van der Waals surface area contributed by atoms with Gasteiger partial charge in [0.15, 0.2) is 11.5 Å². The Balaban J connectivity index is 1.71. The summed E-state index contributed by atoms with van der Waals surface area (Å²) in [6.07, 6.45) is 6.18. The van der Waals surface area contributed by atoms with Crippen molar-refractivity contribution in [2.75, 3.05) is 19.8 Å². The van der Waals surface area contributed by atoms with E-state index in [1.165, 1.54) is 25.0 Å². The lowest BCUT2D eigenvalue weighted by atomic mass is 9.92. The second-order valence-electron chi connectivity index (χ2n) is 6.41. The van der Waals surface area contributed by atoms with Gasteiger partial charge in [0.05, 0.1) is 4.90 Å². The summed E-state index contributed by atoms with van der Waals surface area (Å²) in [5.74, 6) is 1.05. The molecule has 128 valence electrons. The first-order valence-corrected chi connectivity index (χ1v) is 9.65. The highest BCUT2D eigenvalue weighted by Crippen LogP contribution is 2.32. The zero-order chi connectivity index (χ0) is 16.3. The average Bonchev–Trinajstić information content (AvgIpc) is 2.78. The van der Waals surface area contributed by atoms with Gasteiger partial charge in [0.25, 0.3) is 0 Å². The van der Waals surface area contributed by atoms with Gasteiger partial charge in [-0.2, -0.15) is 0 Å². The van der Waals surface area contributed by atoms with Gasteiger partial charge in [0.1, 0.15) is 13.2 Å². The van der Waals surface area contributed by atoms with Crippen molar-refractivity contribution in [3.63, 3.8) is 0 Å². The van der Waals surface area contributed by atoms with E-state index in [0.29, 0.717) is 24.7 Å². The van der Waals surface area contributed by atoms with Crippen LogP contribution in [0.15, 0.2) is 23.1 Å². The fourth-order valence-electron chi connectivity index (χ4n) is 3.12. The quantitative estimate of drug-likeness (QED) is 0.816. The minimum Gasteiger partial charge on any atom is -0.486 e. The van der Waals surface area contributed by atoms with E-state index in [4.69, 9.17) is 15.2 Å². The molecule has 1 fully saturated rings. The molecule has 0 unspecified atom stereocenters. The summed E-state index contributed by atoms with van der Waals surface area (Å²) in [7, 11) is -3.61. The number of ether oxygens (including phenoxy) is 2. The van der Waals surface area contributed by atoms with Crippen LogP contribution in [-0.2, 0) is 10.0 Å². The second kappa shape index (κ2) is 6.67. The largest absolute Gasteiger partial charge is 0.486 e. The normalized spacial score (nSPS) is 20.7. The van der Waals surface area contributed by atoms with E-state index in [1.54, 1.807) is 6.07 Å². The Morgan fingerprint density at radius 1 is 1.04 bits per heavy atom. The molecular weight excluding hydrogens is 316 g/mol. The Labute approximate surface area is 137 Å². The van der Waals surface area contributed by atoms with Gasteiger partial charge in [-0.3, -0.25) is 0 Å². The molecule has 0 radical (unpaired) electrons. The third-order valence-corrected chi connectivity index (χ3v) is 5.94. The van der Waals surface area contributed by atoms with Crippen molar-refractivity contribution in [2.24, 2.45) is 5.73 Å². The summed E-state index contributed by atoms with van der Waals surface area (Å²) >= 11 is 0. The van der Waals surface area contributed by atoms with E-state index in [0.717, 1.165) is 25.7 Å². The number of nitrogens with two attached hydrogens (primary N) is 1. The number of hydrogen-bond donors (Lipinski definition) is 2. The van der Waals surface area contributed by atoms with Crippen molar-refractivity contribution < 1.29 is 17.9 Å². The average molecular weight is 340 g/mol. The van der Waals surface area contributed by atoms with Crippen LogP contribution in [0, 0.1) is 0 Å². The van der Waals surface area contributed by atoms with Crippen LogP contribution in [-0.4, -0.2) is 33.7 Å². The van der Waals surface area contributed by atoms with Gasteiger partial charge in [-0.1, -0.05) is 25.7 Å². The topological polar surface area (TPSA) is 90.7 Å². The van der Waals surface area contributed by atoms with E-state index >= 15 is 0 Å². The summed E-state index contributed by atoms with van der Waals surface area (Å²) in [5, 5.41) is 0. The molecule has 1 aliphatic carbocycles. The first-order valence-electron chi connectivity index (χ1n) is 8.17. The van der Waals surface area contributed by atoms with Crippen molar-refractivity contribution in [3.8, 4) is 11.5 Å². The molecule has 3 N–H and O–H groups in total. The fraction of sp³-hybridized carbons (Fsp3) is 0.625. The van der Waals surface area contributed by atoms with Crippen molar-refractivity contribution in [2.45, 2.75) is 49.0 Å². The maximum absolute atomic E-state index is 12.5. The Hall–Kier alpha value is -1.31. The molecule has 1 saturated carbocycles. The highest BCUT2D eigenvalue weighted by Gasteiger charge is 2.29. The lowest BCUT2D eigenvalue weighted by Crippen LogP contribution is -2.49. The third-order valence-electron chi connectivity index (χ3n) is 4.54. The Bertz CT molecular complexity index is 652. The number of rotatable bonds is 4.